The summed E-state index contributed by atoms with van der Waals surface area (Å²) >= 11 is 0. The van der Waals surface area contributed by atoms with Crippen molar-refractivity contribution < 1.29 is 9.53 Å². The molecule has 0 aliphatic heterocycles. The van der Waals surface area contributed by atoms with Gasteiger partial charge in [0.15, 0.2) is 11.4 Å². The average molecular weight is 667 g/mol. The molecule has 12 heteroatoms. The maximum absolute atomic E-state index is 12.6. The van der Waals surface area contributed by atoms with Crippen LogP contribution in [0.1, 0.15) is 27.3 Å². The van der Waals surface area contributed by atoms with E-state index in [9.17, 15) is 14.4 Å². The molecule has 0 amide bonds. The van der Waals surface area contributed by atoms with E-state index in [1.807, 2.05) is 84.9 Å². The predicted molar refractivity (Wildman–Crippen MR) is 194 cm³/mol. The van der Waals surface area contributed by atoms with E-state index in [1.165, 1.54) is 15.4 Å². The van der Waals surface area contributed by atoms with Gasteiger partial charge in [-0.05, 0) is 80.1 Å². The summed E-state index contributed by atoms with van der Waals surface area (Å²) in [5.41, 5.74) is 5.40. The maximum Gasteiger partial charge on any atom is 0.338 e. The lowest BCUT2D eigenvalue weighted by Gasteiger charge is -2.01. The molecule has 2 heterocycles. The van der Waals surface area contributed by atoms with Gasteiger partial charge in [0, 0.05) is 0 Å². The Morgan fingerprint density at radius 3 is 1.52 bits per heavy atom. The smallest absolute Gasteiger partial charge is 0.338 e. The van der Waals surface area contributed by atoms with Crippen LogP contribution >= 0.6 is 0 Å². The van der Waals surface area contributed by atoms with Gasteiger partial charge in [-0.1, -0.05) is 73.8 Å². The van der Waals surface area contributed by atoms with Crippen molar-refractivity contribution in [2.24, 2.45) is 20.5 Å². The van der Waals surface area contributed by atoms with Crippen molar-refractivity contribution in [2.75, 3.05) is 6.61 Å². The number of nitrogens with one attached hydrogen (secondary N) is 2. The first kappa shape index (κ1) is 34.4. The van der Waals surface area contributed by atoms with Gasteiger partial charge in [0.25, 0.3) is 11.1 Å². The van der Waals surface area contributed by atoms with Crippen LogP contribution in [-0.2, 0) is 4.74 Å². The molecule has 6 rings (SSSR count). The fourth-order valence-corrected chi connectivity index (χ4v) is 4.60. The van der Waals surface area contributed by atoms with Crippen molar-refractivity contribution in [2.45, 2.75) is 13.8 Å². The lowest BCUT2D eigenvalue weighted by atomic mass is 10.2. The zero-order valence-corrected chi connectivity index (χ0v) is 27.5. The summed E-state index contributed by atoms with van der Waals surface area (Å²) in [7, 11) is 0. The van der Waals surface area contributed by atoms with Gasteiger partial charge in [0.2, 0.25) is 0 Å². The van der Waals surface area contributed by atoms with Crippen LogP contribution in [0.15, 0.2) is 158 Å². The van der Waals surface area contributed by atoms with Crippen LogP contribution in [0.5, 0.6) is 0 Å². The molecule has 0 spiro atoms. The molecule has 2 aromatic heterocycles. The number of H-pyrrole nitrogens is 2. The minimum Gasteiger partial charge on any atom is -0.458 e. The number of azo groups is 2. The monoisotopic (exact) mass is 666 g/mol. The molecule has 0 radical (unpaired) electrons. The summed E-state index contributed by atoms with van der Waals surface area (Å²) in [5, 5.41) is 22.4. The number of nitrogens with zero attached hydrogens (tertiary/aromatic N) is 6. The number of aromatic nitrogens is 4. The van der Waals surface area contributed by atoms with Gasteiger partial charge in [-0.3, -0.25) is 19.8 Å². The zero-order valence-electron chi connectivity index (χ0n) is 27.5. The summed E-state index contributed by atoms with van der Waals surface area (Å²) in [4.78, 5) is 36.8. The van der Waals surface area contributed by atoms with Crippen LogP contribution in [0.3, 0.4) is 0 Å². The van der Waals surface area contributed by atoms with Crippen molar-refractivity contribution in [1.29, 1.82) is 0 Å². The van der Waals surface area contributed by atoms with E-state index < -0.39 is 5.97 Å². The van der Waals surface area contributed by atoms with Gasteiger partial charge in [0.1, 0.15) is 6.61 Å². The van der Waals surface area contributed by atoms with Crippen LogP contribution in [0.4, 0.5) is 22.7 Å². The molecule has 0 fully saturated rings. The molecule has 0 bridgehead atoms. The van der Waals surface area contributed by atoms with Crippen molar-refractivity contribution >= 4 is 34.8 Å². The second-order valence-electron chi connectivity index (χ2n) is 10.8. The molecular formula is C38H34N8O4. The highest BCUT2D eigenvalue weighted by Gasteiger charge is 2.13. The SMILES string of the molecule is C=CCOC(=O)c1ccc(N=Nc2c(C)[nH]n(-c3ccccc3)c2=O)cc1.C=Cc1ccc(N=Nc2c(C)[nH]n(-c3ccccc3)c2=O)cc1. The normalized spacial score (nSPS) is 10.9. The number of carbonyl (C=O) groups excluding carboxylic acids is 1. The molecule has 6 aromatic rings. The summed E-state index contributed by atoms with van der Waals surface area (Å²) in [6.45, 7) is 10.9. The number of hydrogen-bond acceptors (Lipinski definition) is 8. The summed E-state index contributed by atoms with van der Waals surface area (Å²) in [6, 6.07) is 32.5. The highest BCUT2D eigenvalue weighted by molar-refractivity contribution is 5.89. The number of hydrogen-bond donors (Lipinski definition) is 2. The first-order valence-corrected chi connectivity index (χ1v) is 15.5. The first-order valence-electron chi connectivity index (χ1n) is 15.5. The van der Waals surface area contributed by atoms with Crippen LogP contribution in [0, 0.1) is 13.8 Å². The highest BCUT2D eigenvalue weighted by Crippen LogP contribution is 2.21. The van der Waals surface area contributed by atoms with E-state index >= 15 is 0 Å². The maximum atomic E-state index is 12.6. The van der Waals surface area contributed by atoms with Crippen molar-refractivity contribution in [1.82, 2.24) is 19.6 Å². The second kappa shape index (κ2) is 16.2. The molecule has 250 valence electrons. The molecule has 0 aliphatic carbocycles. The summed E-state index contributed by atoms with van der Waals surface area (Å²) in [6.07, 6.45) is 3.26. The topological polar surface area (TPSA) is 151 Å². The molecule has 0 atom stereocenters. The molecule has 2 N–H and O–H groups in total. The lowest BCUT2D eigenvalue weighted by molar-refractivity contribution is 0.0549. The van der Waals surface area contributed by atoms with E-state index in [0.29, 0.717) is 34.0 Å². The quantitative estimate of drug-likeness (QED) is 0.0853. The second-order valence-corrected chi connectivity index (χ2v) is 10.8. The van der Waals surface area contributed by atoms with Gasteiger partial charge in [0.05, 0.1) is 39.7 Å². The minimum absolute atomic E-state index is 0.154. The van der Waals surface area contributed by atoms with Crippen molar-refractivity contribution in [3.05, 3.63) is 172 Å². The molecule has 0 aliphatic rings. The number of ether oxygens (including phenoxy) is 1. The van der Waals surface area contributed by atoms with Gasteiger partial charge >= 0.3 is 5.97 Å². The molecule has 0 saturated carbocycles. The average Bonchev–Trinajstić information content (AvgIpc) is 3.61. The van der Waals surface area contributed by atoms with Gasteiger partial charge in [-0.15, -0.1) is 10.2 Å². The van der Waals surface area contributed by atoms with Crippen LogP contribution in [0.2, 0.25) is 0 Å². The minimum atomic E-state index is -0.439. The van der Waals surface area contributed by atoms with E-state index in [2.05, 4.69) is 43.8 Å². The van der Waals surface area contributed by atoms with E-state index in [4.69, 9.17) is 4.74 Å². The van der Waals surface area contributed by atoms with Crippen molar-refractivity contribution in [3.63, 3.8) is 0 Å². The predicted octanol–water partition coefficient (Wildman–Crippen LogP) is 8.76. The number of carbonyl (C=O) groups is 1. The Morgan fingerprint density at radius 1 is 0.660 bits per heavy atom. The molecular weight excluding hydrogens is 632 g/mol. The number of esters is 1. The van der Waals surface area contributed by atoms with Gasteiger partial charge < -0.3 is 4.74 Å². The Morgan fingerprint density at radius 2 is 1.10 bits per heavy atom. The summed E-state index contributed by atoms with van der Waals surface area (Å²) < 4.78 is 7.85. The largest absolute Gasteiger partial charge is 0.458 e. The van der Waals surface area contributed by atoms with Gasteiger partial charge in [-0.25, -0.2) is 14.2 Å². The Kier molecular flexibility index (Phi) is 11.2. The fourth-order valence-electron chi connectivity index (χ4n) is 4.60. The van der Waals surface area contributed by atoms with Crippen LogP contribution in [0.25, 0.3) is 17.5 Å². The summed E-state index contributed by atoms with van der Waals surface area (Å²) in [5.74, 6) is -0.439. The zero-order chi connectivity index (χ0) is 35.5. The Labute approximate surface area is 287 Å². The van der Waals surface area contributed by atoms with Crippen LogP contribution in [-0.4, -0.2) is 32.1 Å². The third kappa shape index (κ3) is 8.30. The Balaban J connectivity index is 0.000000197. The molecule has 50 heavy (non-hydrogen) atoms. The molecule has 4 aromatic carbocycles. The van der Waals surface area contributed by atoms with E-state index in [0.717, 1.165) is 16.9 Å². The third-order valence-electron chi connectivity index (χ3n) is 7.20. The Hall–Kier alpha value is -6.95. The number of para-hydroxylation sites is 2. The highest BCUT2D eigenvalue weighted by atomic mass is 16.5. The third-order valence-corrected chi connectivity index (χ3v) is 7.20. The molecule has 12 nitrogen and oxygen atoms in total. The van der Waals surface area contributed by atoms with Crippen molar-refractivity contribution in [3.8, 4) is 11.4 Å². The standard InChI is InChI=1S/C20H18N4O3.C18H16N4O/c1-3-13-27-20(26)15-9-11-16(12-10-15)21-22-18-14(2)23-24(19(18)25)17-7-5-4-6-8-17;1-3-14-9-11-15(12-10-14)19-20-17-13(2)21-22(18(17)23)16-7-5-4-6-8-16/h3-12,23H,1,13H2,2H3;3-12,21H,1H2,2H3. The molecule has 0 unspecified atom stereocenters. The first-order chi connectivity index (χ1) is 24.3. The number of benzene rings is 4. The number of aryl methyl sites for hydroxylation is 2. The number of rotatable bonds is 10. The molecule has 0 saturated heterocycles. The number of aromatic amines is 2. The fraction of sp³-hybridized carbons (Fsp3) is 0.0789. The van der Waals surface area contributed by atoms with Gasteiger partial charge in [-0.2, -0.15) is 10.2 Å². The van der Waals surface area contributed by atoms with E-state index in [1.54, 1.807) is 44.2 Å². The van der Waals surface area contributed by atoms with E-state index in [-0.39, 0.29) is 23.4 Å². The Bertz CT molecular complexity index is 2260. The van der Waals surface area contributed by atoms with Crippen LogP contribution < -0.4 is 11.1 Å². The lowest BCUT2D eigenvalue weighted by Crippen LogP contribution is -2.13.